The van der Waals surface area contributed by atoms with Crippen LogP contribution < -0.4 is 0 Å². The molecular formula is C17H19NO. The molecule has 1 N–H and O–H groups in total. The van der Waals surface area contributed by atoms with Crippen molar-refractivity contribution in [2.45, 2.75) is 18.9 Å². The van der Waals surface area contributed by atoms with Crippen molar-refractivity contribution in [3.05, 3.63) is 65.2 Å². The second-order valence-electron chi connectivity index (χ2n) is 5.46. The Morgan fingerprint density at radius 3 is 2.63 bits per heavy atom. The number of fused-ring (bicyclic) bond motifs is 1. The van der Waals surface area contributed by atoms with Crippen molar-refractivity contribution in [1.82, 2.24) is 4.90 Å². The van der Waals surface area contributed by atoms with Crippen molar-refractivity contribution in [1.29, 1.82) is 0 Å². The second-order valence-corrected chi connectivity index (χ2v) is 5.46. The number of hydrogen-bond acceptors (Lipinski definition) is 2. The van der Waals surface area contributed by atoms with Crippen molar-refractivity contribution in [2.24, 2.45) is 0 Å². The van der Waals surface area contributed by atoms with Crippen LogP contribution in [0.1, 0.15) is 22.6 Å². The first-order valence-electron chi connectivity index (χ1n) is 6.76. The molecule has 2 aromatic rings. The summed E-state index contributed by atoms with van der Waals surface area (Å²) in [7, 11) is 2.18. The monoisotopic (exact) mass is 253 g/mol. The minimum absolute atomic E-state index is 0.338. The topological polar surface area (TPSA) is 23.5 Å². The Labute approximate surface area is 114 Å². The second kappa shape index (κ2) is 5.06. The van der Waals surface area contributed by atoms with Gasteiger partial charge in [0, 0.05) is 19.0 Å². The summed E-state index contributed by atoms with van der Waals surface area (Å²) in [6.45, 7) is 2.14. The lowest BCUT2D eigenvalue weighted by Gasteiger charge is -2.32. The van der Waals surface area contributed by atoms with Gasteiger partial charge in [0.1, 0.15) is 5.75 Å². The molecule has 0 spiro atoms. The maximum absolute atomic E-state index is 9.35. The van der Waals surface area contributed by atoms with E-state index in [9.17, 15) is 5.11 Å². The molecule has 1 unspecified atom stereocenters. The van der Waals surface area contributed by atoms with E-state index < -0.39 is 0 Å². The van der Waals surface area contributed by atoms with E-state index >= 15 is 0 Å². The lowest BCUT2D eigenvalue weighted by atomic mass is 9.85. The first-order chi connectivity index (χ1) is 9.22. The third kappa shape index (κ3) is 2.64. The molecule has 0 saturated heterocycles. The largest absolute Gasteiger partial charge is 0.508 e. The summed E-state index contributed by atoms with van der Waals surface area (Å²) in [5, 5.41) is 9.35. The van der Waals surface area contributed by atoms with Crippen LogP contribution in [0.2, 0.25) is 0 Å². The Morgan fingerprint density at radius 1 is 1.11 bits per heavy atom. The van der Waals surface area contributed by atoms with Crippen LogP contribution in [0.4, 0.5) is 0 Å². The van der Waals surface area contributed by atoms with Crippen molar-refractivity contribution in [3.63, 3.8) is 0 Å². The normalized spacial score (nSPS) is 19.1. The zero-order chi connectivity index (χ0) is 13.2. The van der Waals surface area contributed by atoms with E-state index in [0.29, 0.717) is 11.7 Å². The Morgan fingerprint density at radius 2 is 1.84 bits per heavy atom. The predicted octanol–water partition coefficient (Wildman–Crippen LogP) is 3.16. The molecule has 1 atom stereocenters. The average Bonchev–Trinajstić information content (AvgIpc) is 2.41. The van der Waals surface area contributed by atoms with Crippen LogP contribution in [0, 0.1) is 0 Å². The molecule has 0 radical (unpaired) electrons. The first kappa shape index (κ1) is 12.2. The molecule has 0 saturated carbocycles. The highest BCUT2D eigenvalue weighted by atomic mass is 16.3. The quantitative estimate of drug-likeness (QED) is 0.888. The van der Waals surface area contributed by atoms with Crippen molar-refractivity contribution >= 4 is 0 Å². The molecular weight excluding hydrogens is 234 g/mol. The minimum atomic E-state index is 0.338. The third-order valence-electron chi connectivity index (χ3n) is 3.89. The summed E-state index contributed by atoms with van der Waals surface area (Å²) >= 11 is 0. The van der Waals surface area contributed by atoms with Gasteiger partial charge in [0.2, 0.25) is 0 Å². The Hall–Kier alpha value is -1.80. The number of aromatic hydroxyl groups is 1. The molecule has 2 nitrogen and oxygen atoms in total. The average molecular weight is 253 g/mol. The van der Waals surface area contributed by atoms with E-state index in [2.05, 4.69) is 36.2 Å². The van der Waals surface area contributed by atoms with Gasteiger partial charge in [-0.1, -0.05) is 36.4 Å². The fourth-order valence-electron chi connectivity index (χ4n) is 3.00. The van der Waals surface area contributed by atoms with Gasteiger partial charge in [-0.25, -0.2) is 0 Å². The number of nitrogens with zero attached hydrogens (tertiary/aromatic N) is 1. The number of hydrogen-bond donors (Lipinski definition) is 1. The van der Waals surface area contributed by atoms with Crippen molar-refractivity contribution < 1.29 is 5.11 Å². The highest BCUT2D eigenvalue weighted by molar-refractivity contribution is 5.35. The van der Waals surface area contributed by atoms with Gasteiger partial charge in [-0.05, 0) is 42.3 Å². The lowest BCUT2D eigenvalue weighted by molar-refractivity contribution is 0.280. The molecule has 98 valence electrons. The molecule has 0 amide bonds. The first-order valence-corrected chi connectivity index (χ1v) is 6.76. The molecule has 1 aliphatic rings. The molecule has 1 heterocycles. The van der Waals surface area contributed by atoms with Crippen LogP contribution >= 0.6 is 0 Å². The molecule has 0 aromatic heterocycles. The number of phenols is 1. The van der Waals surface area contributed by atoms with Gasteiger partial charge < -0.3 is 10.0 Å². The maximum Gasteiger partial charge on any atom is 0.115 e. The fraction of sp³-hybridized carbons (Fsp3) is 0.294. The van der Waals surface area contributed by atoms with Crippen LogP contribution in [-0.2, 0) is 13.0 Å². The number of benzene rings is 2. The minimum Gasteiger partial charge on any atom is -0.508 e. The number of rotatable bonds is 2. The molecule has 1 aliphatic heterocycles. The van der Waals surface area contributed by atoms with Gasteiger partial charge in [-0.2, -0.15) is 0 Å². The summed E-state index contributed by atoms with van der Waals surface area (Å²) in [6.07, 6.45) is 1.03. The van der Waals surface area contributed by atoms with Crippen LogP contribution in [0.5, 0.6) is 5.75 Å². The number of likely N-dealkylation sites (N-methyl/N-ethyl adjacent to an activating group) is 1. The van der Waals surface area contributed by atoms with Crippen LogP contribution in [-0.4, -0.2) is 23.6 Å². The van der Waals surface area contributed by atoms with E-state index in [-0.39, 0.29) is 0 Å². The summed E-state index contributed by atoms with van der Waals surface area (Å²) in [5.74, 6) is 0.879. The van der Waals surface area contributed by atoms with E-state index in [1.54, 1.807) is 12.1 Å². The Bertz CT molecular complexity index is 562. The SMILES string of the molecule is CN1Cc2ccccc2C(Cc2ccc(O)cc2)C1. The predicted molar refractivity (Wildman–Crippen MR) is 77.3 cm³/mol. The lowest BCUT2D eigenvalue weighted by Crippen LogP contribution is -2.31. The van der Waals surface area contributed by atoms with Gasteiger partial charge in [0.05, 0.1) is 0 Å². The van der Waals surface area contributed by atoms with Crippen LogP contribution in [0.25, 0.3) is 0 Å². The van der Waals surface area contributed by atoms with Gasteiger partial charge in [-0.3, -0.25) is 0 Å². The van der Waals surface area contributed by atoms with E-state index in [1.165, 1.54) is 16.7 Å². The fourth-order valence-corrected chi connectivity index (χ4v) is 3.00. The summed E-state index contributed by atoms with van der Waals surface area (Å²) in [6, 6.07) is 16.3. The molecule has 2 aromatic carbocycles. The van der Waals surface area contributed by atoms with E-state index in [4.69, 9.17) is 0 Å². The third-order valence-corrected chi connectivity index (χ3v) is 3.89. The van der Waals surface area contributed by atoms with Gasteiger partial charge >= 0.3 is 0 Å². The zero-order valence-electron chi connectivity index (χ0n) is 11.2. The maximum atomic E-state index is 9.35. The van der Waals surface area contributed by atoms with Gasteiger partial charge in [0.15, 0.2) is 0 Å². The standard InChI is InChI=1S/C17H19NO/c1-18-11-14-4-2-3-5-17(14)15(12-18)10-13-6-8-16(19)9-7-13/h2-9,15,19H,10-12H2,1H3. The molecule has 0 fully saturated rings. The molecule has 2 heteroatoms. The molecule has 3 rings (SSSR count). The zero-order valence-corrected chi connectivity index (χ0v) is 11.2. The van der Waals surface area contributed by atoms with E-state index in [1.807, 2.05) is 12.1 Å². The molecule has 0 bridgehead atoms. The summed E-state index contributed by atoms with van der Waals surface area (Å²) in [4.78, 5) is 2.38. The Balaban J connectivity index is 1.86. The molecule has 0 aliphatic carbocycles. The Kier molecular flexibility index (Phi) is 3.26. The smallest absolute Gasteiger partial charge is 0.115 e. The van der Waals surface area contributed by atoms with Crippen molar-refractivity contribution in [3.8, 4) is 5.75 Å². The number of phenolic OH excluding ortho intramolecular Hbond substituents is 1. The summed E-state index contributed by atoms with van der Waals surface area (Å²) < 4.78 is 0. The van der Waals surface area contributed by atoms with E-state index in [0.717, 1.165) is 19.5 Å². The van der Waals surface area contributed by atoms with Gasteiger partial charge in [-0.15, -0.1) is 0 Å². The van der Waals surface area contributed by atoms with Crippen LogP contribution in [0.3, 0.4) is 0 Å². The highest BCUT2D eigenvalue weighted by Crippen LogP contribution is 2.30. The summed E-state index contributed by atoms with van der Waals surface area (Å²) in [5.41, 5.74) is 4.21. The highest BCUT2D eigenvalue weighted by Gasteiger charge is 2.22. The molecule has 19 heavy (non-hydrogen) atoms. The van der Waals surface area contributed by atoms with Crippen LogP contribution in [0.15, 0.2) is 48.5 Å². The van der Waals surface area contributed by atoms with Crippen molar-refractivity contribution in [2.75, 3.05) is 13.6 Å². The van der Waals surface area contributed by atoms with Gasteiger partial charge in [0.25, 0.3) is 0 Å².